The molecule has 0 fully saturated rings. The Balaban J connectivity index is 1.35. The van der Waals surface area contributed by atoms with Crippen molar-refractivity contribution in [2.45, 2.75) is 25.1 Å². The predicted molar refractivity (Wildman–Crippen MR) is 160 cm³/mol. The van der Waals surface area contributed by atoms with E-state index >= 15 is 0 Å². The zero-order chi connectivity index (χ0) is 30.6. The smallest absolute Gasteiger partial charge is 0.416 e. The first-order chi connectivity index (χ1) is 21.2. The minimum atomic E-state index is -4.48. The third-order valence-corrected chi connectivity index (χ3v) is 8.88. The fourth-order valence-corrected chi connectivity index (χ4v) is 6.79. The molecule has 0 spiro atoms. The Labute approximate surface area is 252 Å². The van der Waals surface area contributed by atoms with E-state index < -0.39 is 23.8 Å². The molecule has 0 radical (unpaired) electrons. The molecule has 5 aromatic rings. The van der Waals surface area contributed by atoms with Crippen molar-refractivity contribution in [2.75, 3.05) is 7.11 Å². The maximum Gasteiger partial charge on any atom is 0.416 e. The fourth-order valence-electron chi connectivity index (χ4n) is 5.81. The van der Waals surface area contributed by atoms with Crippen LogP contribution in [0.5, 0.6) is 0 Å². The van der Waals surface area contributed by atoms with E-state index in [2.05, 4.69) is 6.07 Å². The van der Waals surface area contributed by atoms with Crippen molar-refractivity contribution in [1.82, 2.24) is 4.57 Å². The van der Waals surface area contributed by atoms with E-state index in [1.54, 1.807) is 41.0 Å². The van der Waals surface area contributed by atoms with Crippen molar-refractivity contribution in [1.29, 1.82) is 0 Å². The Morgan fingerprint density at radius 1 is 1.02 bits per heavy atom. The lowest BCUT2D eigenvalue weighted by Gasteiger charge is -2.30. The number of aromatic nitrogens is 1. The highest BCUT2D eigenvalue weighted by atomic mass is 32.1. The molecule has 1 aliphatic carbocycles. The van der Waals surface area contributed by atoms with Crippen molar-refractivity contribution >= 4 is 29.1 Å². The first kappa shape index (κ1) is 27.8. The summed E-state index contributed by atoms with van der Waals surface area (Å²) < 4.78 is 52.5. The van der Waals surface area contributed by atoms with E-state index in [0.29, 0.717) is 27.1 Å². The number of hydrogen-bond donors (Lipinski definition) is 0. The van der Waals surface area contributed by atoms with Gasteiger partial charge in [0.05, 0.1) is 34.5 Å². The second-order valence-electron chi connectivity index (χ2n) is 10.5. The van der Waals surface area contributed by atoms with Gasteiger partial charge in [-0.05, 0) is 65.9 Å². The van der Waals surface area contributed by atoms with Crippen LogP contribution in [0.4, 0.5) is 13.2 Å². The van der Waals surface area contributed by atoms with Gasteiger partial charge in [-0.2, -0.15) is 13.2 Å². The van der Waals surface area contributed by atoms with Crippen LogP contribution in [-0.4, -0.2) is 17.6 Å². The molecule has 0 bridgehead atoms. The third-order valence-electron chi connectivity index (χ3n) is 7.90. The number of allylic oxidation sites excluding steroid dienone is 1. The van der Waals surface area contributed by atoms with E-state index in [1.807, 2.05) is 30.3 Å². The summed E-state index contributed by atoms with van der Waals surface area (Å²) in [5.74, 6) is 0.136. The number of aryl methyl sites for hydroxylation is 1. The Hall–Kier alpha value is -4.96. The third kappa shape index (κ3) is 4.81. The van der Waals surface area contributed by atoms with Crippen LogP contribution in [0.1, 0.15) is 50.8 Å². The van der Waals surface area contributed by atoms with Crippen LogP contribution in [0.25, 0.3) is 23.1 Å². The van der Waals surface area contributed by atoms with Gasteiger partial charge in [-0.25, -0.2) is 9.79 Å². The van der Waals surface area contributed by atoms with Crippen LogP contribution in [-0.2, 0) is 17.3 Å². The molecule has 1 unspecified atom stereocenters. The van der Waals surface area contributed by atoms with Gasteiger partial charge < -0.3 is 9.15 Å². The molecule has 3 aromatic carbocycles. The number of carbonyl (C=O) groups excluding carboxylic acids is 1. The van der Waals surface area contributed by atoms with Crippen LogP contribution < -0.4 is 14.9 Å². The minimum absolute atomic E-state index is 0.255. The van der Waals surface area contributed by atoms with Crippen molar-refractivity contribution < 1.29 is 27.1 Å². The Bertz CT molecular complexity index is 2150. The monoisotopic (exact) mass is 612 g/mol. The standard InChI is InChI=1S/C34H23F3N2O4S/c1-42-32(41)21-11-9-20(10-12-21)30-26-15-13-19-5-2-3-8-25(19)29(26)38-33-39(30)31(40)28(44-33)18-24-14-16-27(43-24)22-6-4-7-23(17-22)34(35,36)37/h2-12,14,16-18,30H,13,15H2,1H3/b28-18+. The van der Waals surface area contributed by atoms with Crippen LogP contribution in [0.3, 0.4) is 0 Å². The average Bonchev–Trinajstić information content (AvgIpc) is 3.63. The average molecular weight is 613 g/mol. The van der Waals surface area contributed by atoms with Crippen LogP contribution >= 0.6 is 11.3 Å². The molecule has 3 heterocycles. The molecule has 7 rings (SSSR count). The molecule has 0 saturated carbocycles. The number of halogens is 3. The van der Waals surface area contributed by atoms with Crippen molar-refractivity contribution in [3.05, 3.63) is 144 Å². The lowest BCUT2D eigenvalue weighted by Crippen LogP contribution is -2.38. The summed E-state index contributed by atoms with van der Waals surface area (Å²) in [6.45, 7) is 0. The SMILES string of the molecule is COC(=O)c1ccc(C2C3=C(N=c4s/c(=C/c5ccc(-c6cccc(C(F)(F)F)c6)o5)c(=O)n42)c2ccccc2CC3)cc1. The summed E-state index contributed by atoms with van der Waals surface area (Å²) in [5.41, 5.74) is 4.54. The van der Waals surface area contributed by atoms with E-state index in [-0.39, 0.29) is 16.9 Å². The Morgan fingerprint density at radius 2 is 1.82 bits per heavy atom. The molecule has 220 valence electrons. The molecule has 1 atom stereocenters. The molecule has 44 heavy (non-hydrogen) atoms. The highest BCUT2D eigenvalue weighted by Crippen LogP contribution is 2.41. The zero-order valence-electron chi connectivity index (χ0n) is 23.2. The van der Waals surface area contributed by atoms with E-state index in [0.717, 1.165) is 41.0 Å². The fraction of sp³-hybridized carbons (Fsp3) is 0.147. The van der Waals surface area contributed by atoms with Gasteiger partial charge in [0.2, 0.25) is 0 Å². The number of methoxy groups -OCH3 is 1. The van der Waals surface area contributed by atoms with Crippen LogP contribution in [0, 0.1) is 0 Å². The maximum atomic E-state index is 14.0. The molecule has 2 aromatic heterocycles. The summed E-state index contributed by atoms with van der Waals surface area (Å²) in [4.78, 5) is 31.6. The van der Waals surface area contributed by atoms with Gasteiger partial charge in [0.25, 0.3) is 5.56 Å². The minimum Gasteiger partial charge on any atom is -0.465 e. The highest BCUT2D eigenvalue weighted by Gasteiger charge is 2.33. The highest BCUT2D eigenvalue weighted by molar-refractivity contribution is 7.07. The summed E-state index contributed by atoms with van der Waals surface area (Å²) in [7, 11) is 1.33. The number of furan rings is 1. The summed E-state index contributed by atoms with van der Waals surface area (Å²) >= 11 is 1.22. The number of ether oxygens (including phenoxy) is 1. The largest absolute Gasteiger partial charge is 0.465 e. The van der Waals surface area contributed by atoms with Crippen molar-refractivity contribution in [2.24, 2.45) is 4.99 Å². The van der Waals surface area contributed by atoms with Gasteiger partial charge in [-0.3, -0.25) is 9.36 Å². The molecule has 0 amide bonds. The van der Waals surface area contributed by atoms with Crippen LogP contribution in [0.15, 0.2) is 105 Å². The number of carbonyl (C=O) groups is 1. The molecule has 0 N–H and O–H groups in total. The number of rotatable bonds is 4. The molecular weight excluding hydrogens is 589 g/mol. The van der Waals surface area contributed by atoms with Crippen molar-refractivity contribution in [3.63, 3.8) is 0 Å². The summed E-state index contributed by atoms with van der Waals surface area (Å²) in [6.07, 6.45) is -1.37. The zero-order valence-corrected chi connectivity index (χ0v) is 24.0. The van der Waals surface area contributed by atoms with E-state index in [4.69, 9.17) is 14.1 Å². The van der Waals surface area contributed by atoms with Gasteiger partial charge in [0.15, 0.2) is 4.80 Å². The summed E-state index contributed by atoms with van der Waals surface area (Å²) in [6, 6.07) is 22.8. The molecule has 2 aliphatic rings. The number of esters is 1. The molecule has 1 aliphatic heterocycles. The number of alkyl halides is 3. The predicted octanol–water partition coefficient (Wildman–Crippen LogP) is 6.38. The number of hydrogen-bond acceptors (Lipinski definition) is 6. The second-order valence-corrected chi connectivity index (χ2v) is 11.5. The quantitative estimate of drug-likeness (QED) is 0.221. The van der Waals surface area contributed by atoms with Crippen LogP contribution in [0.2, 0.25) is 0 Å². The normalized spacial score (nSPS) is 16.2. The number of thiazole rings is 1. The van der Waals surface area contributed by atoms with Gasteiger partial charge in [-0.15, -0.1) is 0 Å². The first-order valence-electron chi connectivity index (χ1n) is 13.8. The van der Waals surface area contributed by atoms with Crippen molar-refractivity contribution in [3.8, 4) is 11.3 Å². The number of nitrogens with zero attached hydrogens (tertiary/aromatic N) is 2. The molecular formula is C34H23F3N2O4S. The molecule has 10 heteroatoms. The van der Waals surface area contributed by atoms with E-state index in [1.165, 1.54) is 30.1 Å². The van der Waals surface area contributed by atoms with Gasteiger partial charge in [0.1, 0.15) is 11.5 Å². The number of fused-ring (bicyclic) bond motifs is 3. The van der Waals surface area contributed by atoms with Gasteiger partial charge in [0, 0.05) is 17.2 Å². The topological polar surface area (TPSA) is 73.8 Å². The Morgan fingerprint density at radius 3 is 2.59 bits per heavy atom. The lowest BCUT2D eigenvalue weighted by molar-refractivity contribution is -0.137. The van der Waals surface area contributed by atoms with Gasteiger partial charge in [-0.1, -0.05) is 59.9 Å². The maximum absolute atomic E-state index is 14.0. The first-order valence-corrected chi connectivity index (χ1v) is 14.6. The van der Waals surface area contributed by atoms with Gasteiger partial charge >= 0.3 is 12.1 Å². The lowest BCUT2D eigenvalue weighted by atomic mass is 9.83. The van der Waals surface area contributed by atoms with E-state index in [9.17, 15) is 22.8 Å². The second kappa shape index (κ2) is 10.6. The molecule has 0 saturated heterocycles. The number of benzene rings is 3. The molecule has 6 nitrogen and oxygen atoms in total. The Kier molecular flexibility index (Phi) is 6.73. The summed E-state index contributed by atoms with van der Waals surface area (Å²) in [5, 5.41) is 0.